The number of hydrogen-bond donors (Lipinski definition) is 0. The lowest BCUT2D eigenvalue weighted by atomic mass is 9.71. The van der Waals surface area contributed by atoms with Crippen LogP contribution in [0.4, 0.5) is 0 Å². The SMILES string of the molecule is COC(=O)c1ccc([C@H]2O[C@H]3CCO[C@H](c4ccc(C(=O)OC)cc4)C3=C3CCCC[C@H]32)cc1. The number of esters is 2. The normalized spacial score (nSPS) is 26.3. The van der Waals surface area contributed by atoms with Gasteiger partial charge in [0.05, 0.1) is 44.2 Å². The summed E-state index contributed by atoms with van der Waals surface area (Å²) in [5, 5.41) is 0. The minimum Gasteiger partial charge on any atom is -0.465 e. The van der Waals surface area contributed by atoms with Crippen molar-refractivity contribution in [1.29, 1.82) is 0 Å². The topological polar surface area (TPSA) is 71.1 Å². The van der Waals surface area contributed by atoms with Gasteiger partial charge in [0.2, 0.25) is 0 Å². The molecule has 6 heteroatoms. The molecule has 1 saturated heterocycles. The summed E-state index contributed by atoms with van der Waals surface area (Å²) >= 11 is 0. The molecule has 0 spiro atoms. The summed E-state index contributed by atoms with van der Waals surface area (Å²) in [5.74, 6) is -0.380. The zero-order chi connectivity index (χ0) is 23.7. The monoisotopic (exact) mass is 462 g/mol. The molecule has 0 aromatic heterocycles. The molecule has 0 radical (unpaired) electrons. The molecule has 3 aliphatic rings. The molecule has 2 aromatic rings. The third kappa shape index (κ3) is 4.17. The standard InChI is InChI=1S/C28H30O6/c1-31-27(29)19-11-7-17(8-12-19)25-22-6-4-3-5-21(22)24-23(34-25)15-16-33-26(24)18-9-13-20(14-10-18)28(30)32-2/h7-14,22-23,25-26H,3-6,15-16H2,1-2H3/t22-,23+,25-,26-/m1/s1. The van der Waals surface area contributed by atoms with E-state index in [1.165, 1.54) is 38.2 Å². The third-order valence-electron chi connectivity index (χ3n) is 7.29. The number of fused-ring (bicyclic) bond motifs is 2. The van der Waals surface area contributed by atoms with Gasteiger partial charge in [-0.3, -0.25) is 0 Å². The van der Waals surface area contributed by atoms with Crippen molar-refractivity contribution in [3.8, 4) is 0 Å². The Balaban J connectivity index is 1.48. The molecular weight excluding hydrogens is 432 g/mol. The maximum absolute atomic E-state index is 11.9. The first-order chi connectivity index (χ1) is 16.6. The average Bonchev–Trinajstić information content (AvgIpc) is 2.91. The summed E-state index contributed by atoms with van der Waals surface area (Å²) in [6.07, 6.45) is 5.09. The number of rotatable bonds is 4. The average molecular weight is 463 g/mol. The molecule has 5 rings (SSSR count). The van der Waals surface area contributed by atoms with Gasteiger partial charge in [-0.05, 0) is 60.2 Å². The van der Waals surface area contributed by atoms with E-state index in [4.69, 9.17) is 18.9 Å². The lowest BCUT2D eigenvalue weighted by Gasteiger charge is -2.46. The Hall–Kier alpha value is -2.96. The van der Waals surface area contributed by atoms with Crippen molar-refractivity contribution in [3.05, 3.63) is 81.9 Å². The Morgan fingerprint density at radius 1 is 0.824 bits per heavy atom. The number of benzene rings is 2. The second-order valence-corrected chi connectivity index (χ2v) is 9.14. The molecule has 2 fully saturated rings. The van der Waals surface area contributed by atoms with Gasteiger partial charge < -0.3 is 18.9 Å². The summed E-state index contributed by atoms with van der Waals surface area (Å²) < 4.78 is 22.7. The summed E-state index contributed by atoms with van der Waals surface area (Å²) in [7, 11) is 2.78. The van der Waals surface area contributed by atoms with Crippen LogP contribution in [-0.4, -0.2) is 38.9 Å². The van der Waals surface area contributed by atoms with E-state index in [1.807, 2.05) is 36.4 Å². The van der Waals surface area contributed by atoms with Gasteiger partial charge in [-0.1, -0.05) is 36.3 Å². The first kappa shape index (κ1) is 22.8. The molecule has 0 N–H and O–H groups in total. The summed E-state index contributed by atoms with van der Waals surface area (Å²) in [6, 6.07) is 15.2. The second-order valence-electron chi connectivity index (χ2n) is 9.14. The fourth-order valence-corrected chi connectivity index (χ4v) is 5.65. The van der Waals surface area contributed by atoms with Crippen molar-refractivity contribution in [2.45, 2.75) is 50.4 Å². The first-order valence-electron chi connectivity index (χ1n) is 12.0. The van der Waals surface area contributed by atoms with Gasteiger partial charge in [-0.15, -0.1) is 0 Å². The van der Waals surface area contributed by atoms with E-state index in [1.54, 1.807) is 12.1 Å². The van der Waals surface area contributed by atoms with Crippen molar-refractivity contribution in [1.82, 2.24) is 0 Å². The molecule has 34 heavy (non-hydrogen) atoms. The number of hydrogen-bond acceptors (Lipinski definition) is 6. The lowest BCUT2D eigenvalue weighted by Crippen LogP contribution is -2.40. The van der Waals surface area contributed by atoms with Crippen LogP contribution >= 0.6 is 0 Å². The lowest BCUT2D eigenvalue weighted by molar-refractivity contribution is -0.0943. The summed E-state index contributed by atoms with van der Waals surface area (Å²) in [5.41, 5.74) is 5.94. The molecule has 178 valence electrons. The van der Waals surface area contributed by atoms with E-state index in [-0.39, 0.29) is 30.3 Å². The zero-order valence-corrected chi connectivity index (χ0v) is 19.6. The smallest absolute Gasteiger partial charge is 0.337 e. The van der Waals surface area contributed by atoms with E-state index < -0.39 is 0 Å². The molecular formula is C28H30O6. The van der Waals surface area contributed by atoms with E-state index in [0.717, 1.165) is 30.4 Å². The van der Waals surface area contributed by atoms with E-state index in [9.17, 15) is 9.59 Å². The van der Waals surface area contributed by atoms with E-state index in [2.05, 4.69) is 0 Å². The number of methoxy groups -OCH3 is 2. The van der Waals surface area contributed by atoms with E-state index in [0.29, 0.717) is 23.7 Å². The Morgan fingerprint density at radius 3 is 2.06 bits per heavy atom. The van der Waals surface area contributed by atoms with Crippen LogP contribution in [0.25, 0.3) is 0 Å². The third-order valence-corrected chi connectivity index (χ3v) is 7.29. The number of carbonyl (C=O) groups excluding carboxylic acids is 2. The second kappa shape index (κ2) is 9.72. The molecule has 2 aliphatic heterocycles. The zero-order valence-electron chi connectivity index (χ0n) is 19.6. The summed E-state index contributed by atoms with van der Waals surface area (Å²) in [6.45, 7) is 0.615. The fourth-order valence-electron chi connectivity index (χ4n) is 5.65. The Morgan fingerprint density at radius 2 is 1.44 bits per heavy atom. The van der Waals surface area contributed by atoms with Crippen LogP contribution in [0.15, 0.2) is 59.7 Å². The predicted octanol–water partition coefficient (Wildman–Crippen LogP) is 5.35. The van der Waals surface area contributed by atoms with Crippen molar-refractivity contribution < 1.29 is 28.5 Å². The minimum atomic E-state index is -0.342. The highest BCUT2D eigenvalue weighted by Gasteiger charge is 2.44. The van der Waals surface area contributed by atoms with Crippen molar-refractivity contribution in [3.63, 3.8) is 0 Å². The molecule has 6 nitrogen and oxygen atoms in total. The van der Waals surface area contributed by atoms with Crippen LogP contribution in [-0.2, 0) is 18.9 Å². The van der Waals surface area contributed by atoms with Gasteiger partial charge in [0, 0.05) is 12.3 Å². The van der Waals surface area contributed by atoms with Gasteiger partial charge in [-0.2, -0.15) is 0 Å². The molecule has 0 amide bonds. The maximum Gasteiger partial charge on any atom is 0.337 e. The van der Waals surface area contributed by atoms with Crippen LogP contribution in [0.1, 0.15) is 76.2 Å². The summed E-state index contributed by atoms with van der Waals surface area (Å²) in [4.78, 5) is 23.7. The number of ether oxygens (including phenoxy) is 4. The van der Waals surface area contributed by atoms with Crippen molar-refractivity contribution in [2.75, 3.05) is 20.8 Å². The van der Waals surface area contributed by atoms with Crippen LogP contribution in [0, 0.1) is 5.92 Å². The Kier molecular flexibility index (Phi) is 6.53. The van der Waals surface area contributed by atoms with Gasteiger partial charge in [0.1, 0.15) is 6.10 Å². The fraction of sp³-hybridized carbons (Fsp3) is 0.429. The molecule has 0 bridgehead atoms. The van der Waals surface area contributed by atoms with Crippen LogP contribution in [0.5, 0.6) is 0 Å². The minimum absolute atomic E-state index is 0.00586. The van der Waals surface area contributed by atoms with Crippen LogP contribution in [0.2, 0.25) is 0 Å². The number of carbonyl (C=O) groups is 2. The first-order valence-corrected chi connectivity index (χ1v) is 12.0. The predicted molar refractivity (Wildman–Crippen MR) is 125 cm³/mol. The highest BCUT2D eigenvalue weighted by Crippen LogP contribution is 2.52. The molecule has 1 aliphatic carbocycles. The van der Waals surface area contributed by atoms with Gasteiger partial charge in [-0.25, -0.2) is 9.59 Å². The van der Waals surface area contributed by atoms with Crippen molar-refractivity contribution in [2.24, 2.45) is 5.92 Å². The van der Waals surface area contributed by atoms with Gasteiger partial charge in [0.15, 0.2) is 0 Å². The van der Waals surface area contributed by atoms with Gasteiger partial charge in [0.25, 0.3) is 0 Å². The van der Waals surface area contributed by atoms with Gasteiger partial charge >= 0.3 is 11.9 Å². The molecule has 0 unspecified atom stereocenters. The largest absolute Gasteiger partial charge is 0.465 e. The van der Waals surface area contributed by atoms with Crippen molar-refractivity contribution >= 4 is 11.9 Å². The Bertz CT molecular complexity index is 1080. The van der Waals surface area contributed by atoms with Crippen LogP contribution in [0.3, 0.4) is 0 Å². The highest BCUT2D eigenvalue weighted by atomic mass is 16.5. The molecule has 2 aromatic carbocycles. The highest BCUT2D eigenvalue weighted by molar-refractivity contribution is 5.89. The van der Waals surface area contributed by atoms with E-state index >= 15 is 0 Å². The van der Waals surface area contributed by atoms with Crippen LogP contribution < -0.4 is 0 Å². The molecule has 2 heterocycles. The quantitative estimate of drug-likeness (QED) is 0.451. The Labute approximate surface area is 199 Å². The molecule has 4 atom stereocenters. The maximum atomic E-state index is 11.9. The molecule has 1 saturated carbocycles.